The molecule has 0 radical (unpaired) electrons. The van der Waals surface area contributed by atoms with E-state index in [1.165, 1.54) is 44.3 Å². The molecular weight excluding hydrogens is 222 g/mol. The van der Waals surface area contributed by atoms with Crippen LogP contribution in [0, 0.1) is 0 Å². The molecule has 2 heterocycles. The molecule has 2 aliphatic heterocycles. The minimum absolute atomic E-state index is 0.780. The third-order valence-corrected chi connectivity index (χ3v) is 4.51. The van der Waals surface area contributed by atoms with Gasteiger partial charge in [-0.3, -0.25) is 0 Å². The van der Waals surface area contributed by atoms with Crippen molar-refractivity contribution in [1.29, 1.82) is 0 Å². The second-order valence-corrected chi connectivity index (χ2v) is 5.56. The fourth-order valence-electron chi connectivity index (χ4n) is 3.37. The summed E-state index contributed by atoms with van der Waals surface area (Å²) in [6.07, 6.45) is 5.11. The molecular formula is C16H23NO. The van der Waals surface area contributed by atoms with Crippen molar-refractivity contribution in [1.82, 2.24) is 4.90 Å². The fourth-order valence-corrected chi connectivity index (χ4v) is 3.37. The Balaban J connectivity index is 1.54. The van der Waals surface area contributed by atoms with Gasteiger partial charge in [-0.05, 0) is 50.3 Å². The Labute approximate surface area is 110 Å². The molecule has 0 aliphatic carbocycles. The van der Waals surface area contributed by atoms with Crippen LogP contribution >= 0.6 is 0 Å². The van der Waals surface area contributed by atoms with Crippen LogP contribution in [-0.4, -0.2) is 37.2 Å². The lowest BCUT2D eigenvalue weighted by molar-refractivity contribution is 0.0252. The molecule has 0 N–H and O–H groups in total. The van der Waals surface area contributed by atoms with Crippen molar-refractivity contribution in [3.63, 3.8) is 0 Å². The van der Waals surface area contributed by atoms with E-state index in [2.05, 4.69) is 35.2 Å². The van der Waals surface area contributed by atoms with Gasteiger partial charge in [-0.15, -0.1) is 0 Å². The highest BCUT2D eigenvalue weighted by atomic mass is 16.5. The van der Waals surface area contributed by atoms with Crippen LogP contribution < -0.4 is 0 Å². The maximum atomic E-state index is 5.45. The van der Waals surface area contributed by atoms with Gasteiger partial charge in [-0.2, -0.15) is 0 Å². The Morgan fingerprint density at radius 1 is 0.889 bits per heavy atom. The molecule has 2 fully saturated rings. The summed E-state index contributed by atoms with van der Waals surface area (Å²) in [6.45, 7) is 4.46. The van der Waals surface area contributed by atoms with Crippen LogP contribution in [0.15, 0.2) is 30.3 Å². The molecule has 1 aromatic carbocycles. The number of hydrogen-bond donors (Lipinski definition) is 0. The number of hydrogen-bond acceptors (Lipinski definition) is 2. The molecule has 0 unspecified atom stereocenters. The Bertz CT molecular complexity index is 351. The van der Waals surface area contributed by atoms with Crippen molar-refractivity contribution in [2.45, 2.75) is 37.6 Å². The molecule has 0 atom stereocenters. The van der Waals surface area contributed by atoms with Crippen LogP contribution in [0.2, 0.25) is 0 Å². The number of likely N-dealkylation sites (tertiary alicyclic amines) is 1. The second-order valence-electron chi connectivity index (χ2n) is 5.56. The van der Waals surface area contributed by atoms with E-state index >= 15 is 0 Å². The Kier molecular flexibility index (Phi) is 3.96. The van der Waals surface area contributed by atoms with Crippen LogP contribution in [0.3, 0.4) is 0 Å². The van der Waals surface area contributed by atoms with Gasteiger partial charge in [0.2, 0.25) is 0 Å². The molecule has 0 aromatic heterocycles. The summed E-state index contributed by atoms with van der Waals surface area (Å²) in [5.41, 5.74) is 1.53. The van der Waals surface area contributed by atoms with Gasteiger partial charge in [0.15, 0.2) is 0 Å². The van der Waals surface area contributed by atoms with Gasteiger partial charge < -0.3 is 9.64 Å². The first-order chi connectivity index (χ1) is 8.93. The Hall–Kier alpha value is -0.860. The molecule has 0 saturated carbocycles. The van der Waals surface area contributed by atoms with Crippen molar-refractivity contribution in [3.8, 4) is 0 Å². The molecule has 2 aliphatic rings. The van der Waals surface area contributed by atoms with Crippen molar-refractivity contribution < 1.29 is 4.74 Å². The monoisotopic (exact) mass is 245 g/mol. The van der Waals surface area contributed by atoms with E-state index in [1.807, 2.05) is 0 Å². The molecule has 2 nitrogen and oxygen atoms in total. The topological polar surface area (TPSA) is 12.5 Å². The molecule has 1 aromatic rings. The van der Waals surface area contributed by atoms with E-state index in [-0.39, 0.29) is 0 Å². The fraction of sp³-hybridized carbons (Fsp3) is 0.625. The maximum absolute atomic E-state index is 5.45. The summed E-state index contributed by atoms with van der Waals surface area (Å²) >= 11 is 0. The van der Waals surface area contributed by atoms with Crippen molar-refractivity contribution >= 4 is 0 Å². The minimum Gasteiger partial charge on any atom is -0.381 e. The predicted molar refractivity (Wildman–Crippen MR) is 73.8 cm³/mol. The zero-order valence-electron chi connectivity index (χ0n) is 11.1. The SMILES string of the molecule is c1ccc(C2CCN(C3CCOCC3)CC2)cc1. The highest BCUT2D eigenvalue weighted by Crippen LogP contribution is 2.30. The van der Waals surface area contributed by atoms with E-state index in [0.717, 1.165) is 25.2 Å². The van der Waals surface area contributed by atoms with Gasteiger partial charge in [0, 0.05) is 19.3 Å². The van der Waals surface area contributed by atoms with Gasteiger partial charge in [0.25, 0.3) is 0 Å². The number of nitrogens with zero attached hydrogens (tertiary/aromatic N) is 1. The van der Waals surface area contributed by atoms with Crippen LogP contribution in [0.5, 0.6) is 0 Å². The highest BCUT2D eigenvalue weighted by molar-refractivity contribution is 5.20. The number of ether oxygens (including phenoxy) is 1. The highest BCUT2D eigenvalue weighted by Gasteiger charge is 2.26. The average molecular weight is 245 g/mol. The van der Waals surface area contributed by atoms with Crippen LogP contribution in [0.1, 0.15) is 37.2 Å². The zero-order chi connectivity index (χ0) is 12.2. The van der Waals surface area contributed by atoms with E-state index in [4.69, 9.17) is 4.74 Å². The first-order valence-electron chi connectivity index (χ1n) is 7.30. The third-order valence-electron chi connectivity index (χ3n) is 4.51. The minimum atomic E-state index is 0.780. The van der Waals surface area contributed by atoms with Crippen LogP contribution in [0.25, 0.3) is 0 Å². The van der Waals surface area contributed by atoms with Gasteiger partial charge in [0.1, 0.15) is 0 Å². The van der Waals surface area contributed by atoms with Gasteiger partial charge in [0.05, 0.1) is 0 Å². The van der Waals surface area contributed by atoms with Gasteiger partial charge >= 0.3 is 0 Å². The summed E-state index contributed by atoms with van der Waals surface area (Å²) in [4.78, 5) is 2.70. The van der Waals surface area contributed by atoms with Gasteiger partial charge in [-0.25, -0.2) is 0 Å². The molecule has 0 spiro atoms. The molecule has 3 rings (SSSR count). The molecule has 2 heteroatoms. The van der Waals surface area contributed by atoms with Gasteiger partial charge in [-0.1, -0.05) is 30.3 Å². The largest absolute Gasteiger partial charge is 0.381 e. The molecule has 0 amide bonds. The lowest BCUT2D eigenvalue weighted by Crippen LogP contribution is -2.43. The predicted octanol–water partition coefficient (Wildman–Crippen LogP) is 3.05. The maximum Gasteiger partial charge on any atom is 0.0480 e. The van der Waals surface area contributed by atoms with Crippen molar-refractivity contribution in [2.75, 3.05) is 26.3 Å². The molecule has 0 bridgehead atoms. The van der Waals surface area contributed by atoms with E-state index in [0.29, 0.717) is 0 Å². The summed E-state index contributed by atoms with van der Waals surface area (Å²) in [5.74, 6) is 0.780. The molecule has 18 heavy (non-hydrogen) atoms. The standard InChI is InChI=1S/C16H23NO/c1-2-4-14(5-3-1)15-6-10-17(11-7-15)16-8-12-18-13-9-16/h1-5,15-16H,6-13H2. The van der Waals surface area contributed by atoms with Crippen LogP contribution in [0.4, 0.5) is 0 Å². The normalized spacial score (nSPS) is 24.2. The average Bonchev–Trinajstić information content (AvgIpc) is 2.49. The molecule has 2 saturated heterocycles. The summed E-state index contributed by atoms with van der Waals surface area (Å²) in [5, 5.41) is 0. The van der Waals surface area contributed by atoms with Crippen LogP contribution in [-0.2, 0) is 4.74 Å². The first-order valence-corrected chi connectivity index (χ1v) is 7.30. The Morgan fingerprint density at radius 3 is 2.22 bits per heavy atom. The van der Waals surface area contributed by atoms with Crippen molar-refractivity contribution in [2.24, 2.45) is 0 Å². The number of rotatable bonds is 2. The Morgan fingerprint density at radius 2 is 1.56 bits per heavy atom. The quantitative estimate of drug-likeness (QED) is 0.794. The lowest BCUT2D eigenvalue weighted by atomic mass is 9.88. The summed E-state index contributed by atoms with van der Waals surface area (Å²) in [6, 6.07) is 11.8. The smallest absolute Gasteiger partial charge is 0.0480 e. The second kappa shape index (κ2) is 5.85. The number of piperidine rings is 1. The van der Waals surface area contributed by atoms with E-state index in [9.17, 15) is 0 Å². The number of benzene rings is 1. The molecule has 98 valence electrons. The van der Waals surface area contributed by atoms with E-state index in [1.54, 1.807) is 0 Å². The summed E-state index contributed by atoms with van der Waals surface area (Å²) < 4.78 is 5.45. The third kappa shape index (κ3) is 2.76. The van der Waals surface area contributed by atoms with E-state index < -0.39 is 0 Å². The lowest BCUT2D eigenvalue weighted by Gasteiger charge is -2.39. The zero-order valence-corrected chi connectivity index (χ0v) is 11.1. The van der Waals surface area contributed by atoms with Crippen molar-refractivity contribution in [3.05, 3.63) is 35.9 Å². The summed E-state index contributed by atoms with van der Waals surface area (Å²) in [7, 11) is 0. The first kappa shape index (κ1) is 12.2.